The maximum atomic E-state index is 14.9. The van der Waals surface area contributed by atoms with Crippen molar-refractivity contribution in [2.75, 3.05) is 34.3 Å². The highest BCUT2D eigenvalue weighted by Gasteiger charge is 2.45. The van der Waals surface area contributed by atoms with Crippen LogP contribution < -0.4 is 26.0 Å². The van der Waals surface area contributed by atoms with E-state index in [-0.39, 0.29) is 37.6 Å². The lowest BCUT2D eigenvalue weighted by Crippen LogP contribution is -2.62. The van der Waals surface area contributed by atoms with Crippen molar-refractivity contribution in [3.8, 4) is 5.75 Å². The van der Waals surface area contributed by atoms with E-state index < -0.39 is 126 Å². The molecule has 416 valence electrons. The molecule has 2 heterocycles. The summed E-state index contributed by atoms with van der Waals surface area (Å²) in [5.41, 5.74) is 0.620. The number of aliphatic hydroxyl groups excluding tert-OH is 1. The number of methoxy groups -OCH3 is 1. The Hall–Kier alpha value is -5.37. The van der Waals surface area contributed by atoms with Gasteiger partial charge in [0.25, 0.3) is 0 Å². The maximum absolute atomic E-state index is 14.9. The van der Waals surface area contributed by atoms with Crippen LogP contribution in [0.15, 0.2) is 24.3 Å². The number of nitrogens with zero attached hydrogens (tertiary/aromatic N) is 3. The predicted molar refractivity (Wildman–Crippen MR) is 284 cm³/mol. The third-order valence-corrected chi connectivity index (χ3v) is 14.5. The van der Waals surface area contributed by atoms with Gasteiger partial charge in [0.2, 0.25) is 29.5 Å². The Bertz CT molecular complexity index is 2090. The van der Waals surface area contributed by atoms with Gasteiger partial charge in [-0.2, -0.15) is 0 Å². The highest BCUT2D eigenvalue weighted by Crippen LogP contribution is 2.26. The van der Waals surface area contributed by atoms with Crippen molar-refractivity contribution in [1.82, 2.24) is 36.0 Å². The van der Waals surface area contributed by atoms with Crippen LogP contribution in [0, 0.1) is 29.6 Å². The lowest BCUT2D eigenvalue weighted by atomic mass is 9.91. The fourth-order valence-corrected chi connectivity index (χ4v) is 9.47. The van der Waals surface area contributed by atoms with Crippen LogP contribution in [0.25, 0.3) is 0 Å². The number of benzene rings is 1. The van der Waals surface area contributed by atoms with E-state index in [2.05, 4.69) is 21.3 Å². The summed E-state index contributed by atoms with van der Waals surface area (Å²) in [4.78, 5) is 120. The normalized spacial score (nSPS) is 26.2. The van der Waals surface area contributed by atoms with Gasteiger partial charge in [0, 0.05) is 33.6 Å². The Morgan fingerprint density at radius 2 is 1.58 bits per heavy atom. The van der Waals surface area contributed by atoms with Crippen molar-refractivity contribution in [3.63, 3.8) is 0 Å². The molecule has 2 aliphatic heterocycles. The number of fused-ring (bicyclic) bond motifs is 1. The zero-order chi connectivity index (χ0) is 55.7. The maximum Gasteiger partial charge on any atom is 0.329 e. The molecular weight excluding hydrogens is 971 g/mol. The predicted octanol–water partition coefficient (Wildman–Crippen LogP) is 4.09. The van der Waals surface area contributed by atoms with Gasteiger partial charge in [0.1, 0.15) is 42.1 Å². The van der Waals surface area contributed by atoms with E-state index in [1.54, 1.807) is 57.0 Å². The second kappa shape index (κ2) is 29.6. The number of carbonyl (C=O) groups is 8. The average molecular weight is 1060 g/mol. The summed E-state index contributed by atoms with van der Waals surface area (Å²) in [6, 6.07) is -0.300. The van der Waals surface area contributed by atoms with Crippen molar-refractivity contribution in [1.29, 1.82) is 0 Å². The fraction of sp³-hybridized carbons (Fsp3) is 0.722. The third kappa shape index (κ3) is 17.6. The zero-order valence-corrected chi connectivity index (χ0v) is 47.2. The number of nitrogens with one attached hydrogen (secondary N) is 4. The SMILES string of the molecule is CCCCNC(=S)N(C)[C@H](CC(C)C)C(=O)N[C@@H]1C(=O)N[C@H]([C@@H](C)CC)[C@@H](O)CC(=O)O[C@@H](C(C)C)C(=O)[C@H](C)C(=O)N[C@@H](CC(C)C)C(=O)N2CCC[C@H]2C(=O)N(C)[C@@H](Cc2ccc(OC)cc2)C(=O)O[C@@H]1C. The van der Waals surface area contributed by atoms with E-state index in [1.165, 1.54) is 37.8 Å². The lowest BCUT2D eigenvalue weighted by molar-refractivity contribution is -0.163. The number of unbranched alkanes of at least 4 members (excludes halogenated alkanes) is 1. The second-order valence-electron chi connectivity index (χ2n) is 21.3. The summed E-state index contributed by atoms with van der Waals surface area (Å²) in [6.45, 7) is 20.1. The number of hydrogen-bond donors (Lipinski definition) is 5. The van der Waals surface area contributed by atoms with Gasteiger partial charge in [-0.1, -0.05) is 87.3 Å². The highest BCUT2D eigenvalue weighted by atomic mass is 32.1. The lowest BCUT2D eigenvalue weighted by Gasteiger charge is -2.36. The minimum atomic E-state index is -1.61. The number of rotatable bonds is 16. The molecule has 1 aromatic carbocycles. The summed E-state index contributed by atoms with van der Waals surface area (Å²) in [5.74, 6) is -8.03. The first-order chi connectivity index (χ1) is 34.8. The van der Waals surface area contributed by atoms with E-state index in [0.717, 1.165) is 12.8 Å². The van der Waals surface area contributed by atoms with Gasteiger partial charge in [-0.05, 0) is 99.5 Å². The first-order valence-electron chi connectivity index (χ1n) is 26.5. The summed E-state index contributed by atoms with van der Waals surface area (Å²) >= 11 is 5.70. The number of cyclic esters (lactones) is 2. The summed E-state index contributed by atoms with van der Waals surface area (Å²) in [6.07, 6.45) is -1.84. The number of amides is 5. The number of thiocarbonyl (C=S) groups is 1. The molecular formula is C54H87N7O12S. The van der Waals surface area contributed by atoms with Crippen LogP contribution in [0.5, 0.6) is 5.75 Å². The minimum Gasteiger partial charge on any atom is -0.497 e. The van der Waals surface area contributed by atoms with Crippen LogP contribution in [-0.2, 0) is 54.3 Å². The summed E-state index contributed by atoms with van der Waals surface area (Å²) < 4.78 is 17.3. The highest BCUT2D eigenvalue weighted by molar-refractivity contribution is 7.80. The van der Waals surface area contributed by atoms with Crippen molar-refractivity contribution in [2.45, 2.75) is 189 Å². The van der Waals surface area contributed by atoms with Gasteiger partial charge in [-0.3, -0.25) is 33.6 Å². The zero-order valence-electron chi connectivity index (χ0n) is 46.4. The van der Waals surface area contributed by atoms with Gasteiger partial charge in [-0.15, -0.1) is 0 Å². The summed E-state index contributed by atoms with van der Waals surface area (Å²) in [5, 5.41) is 23.7. The number of Topliss-reactive ketones (excluding diaryl/α,β-unsaturated/α-hetero) is 1. The van der Waals surface area contributed by atoms with Gasteiger partial charge in [-0.25, -0.2) is 4.79 Å². The molecule has 5 amide bonds. The number of carbonyl (C=O) groups excluding carboxylic acids is 8. The van der Waals surface area contributed by atoms with Gasteiger partial charge < -0.3 is 55.3 Å². The molecule has 19 nitrogen and oxygen atoms in total. The largest absolute Gasteiger partial charge is 0.497 e. The Balaban J connectivity index is 2.27. The van der Waals surface area contributed by atoms with Crippen molar-refractivity contribution in [3.05, 3.63) is 29.8 Å². The molecule has 74 heavy (non-hydrogen) atoms. The standard InChI is InChI=1S/C54H87N7O12S/c1-15-17-24-55-54(74)60(13)40(27-31(5)6)49(66)58-45-35(11)72-53(70)41(28-36-20-22-37(71-14)23-21-36)59(12)52(69)39-19-18-25-61(39)51(68)38(26-30(3)4)56-48(65)34(10)46(64)47(32(7)8)73-43(63)29-42(62)44(33(9)16-2)57-50(45)67/h20-23,30-35,38-42,44-45,47,62H,15-19,24-29H2,1-14H3,(H,55,74)(H,56,65)(H,57,67)(H,58,66)/t33-,34-,35+,38-,39-,40+,41-,42-,44+,45-,47-/m0/s1. The molecule has 0 unspecified atom stereocenters. The molecule has 3 rings (SSSR count). The Kier molecular flexibility index (Phi) is 25.2. The first-order valence-corrected chi connectivity index (χ1v) is 26.9. The van der Waals surface area contributed by atoms with Crippen LogP contribution >= 0.6 is 12.2 Å². The van der Waals surface area contributed by atoms with Crippen LogP contribution in [0.2, 0.25) is 0 Å². The van der Waals surface area contributed by atoms with E-state index >= 15 is 0 Å². The topological polar surface area (TPSA) is 242 Å². The number of esters is 2. The van der Waals surface area contributed by atoms with Gasteiger partial charge in [0.15, 0.2) is 17.0 Å². The molecule has 0 radical (unpaired) electrons. The molecule has 0 aromatic heterocycles. The summed E-state index contributed by atoms with van der Waals surface area (Å²) in [7, 11) is 4.63. The van der Waals surface area contributed by atoms with E-state index in [1.807, 2.05) is 41.5 Å². The number of ether oxygens (including phenoxy) is 3. The first kappa shape index (κ1) is 62.9. The molecule has 0 aliphatic carbocycles. The second-order valence-corrected chi connectivity index (χ2v) is 21.7. The van der Waals surface area contributed by atoms with Crippen LogP contribution in [0.4, 0.5) is 0 Å². The molecule has 2 aliphatic rings. The van der Waals surface area contributed by atoms with E-state index in [9.17, 15) is 43.5 Å². The van der Waals surface area contributed by atoms with Crippen molar-refractivity contribution >= 4 is 64.6 Å². The molecule has 0 bridgehead atoms. The van der Waals surface area contributed by atoms with E-state index in [0.29, 0.717) is 42.2 Å². The average Bonchev–Trinajstić information content (AvgIpc) is 3.85. The number of hydrogen-bond acceptors (Lipinski definition) is 13. The quantitative estimate of drug-likeness (QED) is 0.0678. The molecule has 0 spiro atoms. The third-order valence-electron chi connectivity index (χ3n) is 14.1. The molecule has 1 aromatic rings. The van der Waals surface area contributed by atoms with Gasteiger partial charge >= 0.3 is 11.9 Å². The molecule has 20 heteroatoms. The van der Waals surface area contributed by atoms with Gasteiger partial charge in [0.05, 0.1) is 31.6 Å². The van der Waals surface area contributed by atoms with Crippen molar-refractivity contribution < 1.29 is 57.7 Å². The fourth-order valence-electron chi connectivity index (χ4n) is 9.24. The van der Waals surface area contributed by atoms with Crippen LogP contribution in [0.1, 0.15) is 133 Å². The Labute approximate surface area is 444 Å². The Morgan fingerprint density at radius 3 is 2.15 bits per heavy atom. The monoisotopic (exact) mass is 1060 g/mol. The van der Waals surface area contributed by atoms with Crippen LogP contribution in [0.3, 0.4) is 0 Å². The smallest absolute Gasteiger partial charge is 0.329 e. The molecule has 11 atom stereocenters. The molecule has 0 saturated carbocycles. The minimum absolute atomic E-state index is 0.0123. The molecule has 2 fully saturated rings. The van der Waals surface area contributed by atoms with Crippen LogP contribution in [-0.4, -0.2) is 161 Å². The van der Waals surface area contributed by atoms with Crippen molar-refractivity contribution in [2.24, 2.45) is 29.6 Å². The number of aliphatic hydroxyl groups is 1. The van der Waals surface area contributed by atoms with E-state index in [4.69, 9.17) is 26.4 Å². The molecule has 5 N–H and O–H groups in total. The number of ketones is 1. The Morgan fingerprint density at radius 1 is 0.932 bits per heavy atom. The molecule has 2 saturated heterocycles. The number of likely N-dealkylation sites (N-methyl/N-ethyl adjacent to an activating group) is 2.